The maximum absolute atomic E-state index is 12.3. The highest BCUT2D eigenvalue weighted by molar-refractivity contribution is 6.99. The molecule has 3 amide bonds. The molecule has 114 valence electrons. The van der Waals surface area contributed by atoms with Gasteiger partial charge in [-0.25, -0.2) is 4.79 Å². The molecule has 0 spiro atoms. The first kappa shape index (κ1) is 14.2. The molecule has 21 heavy (non-hydrogen) atoms. The molecule has 0 aromatic carbocycles. The molecule has 0 atom stereocenters. The van der Waals surface area contributed by atoms with E-state index in [1.807, 2.05) is 9.80 Å². The number of amides is 3. The zero-order chi connectivity index (χ0) is 14.7. The molecular formula is C13H19N5O2S. The van der Waals surface area contributed by atoms with E-state index in [9.17, 15) is 9.59 Å². The molecule has 2 fully saturated rings. The van der Waals surface area contributed by atoms with Crippen molar-refractivity contribution in [3.05, 3.63) is 6.20 Å². The number of nitrogens with one attached hydrogen (secondary N) is 1. The minimum Gasteiger partial charge on any atom is -0.325 e. The van der Waals surface area contributed by atoms with Crippen molar-refractivity contribution < 1.29 is 9.59 Å². The summed E-state index contributed by atoms with van der Waals surface area (Å²) in [6.45, 7) is 3.05. The Morgan fingerprint density at radius 1 is 1.14 bits per heavy atom. The second kappa shape index (κ2) is 6.38. The molecule has 3 heterocycles. The Morgan fingerprint density at radius 2 is 1.81 bits per heavy atom. The van der Waals surface area contributed by atoms with Crippen LogP contribution in [0.15, 0.2) is 6.20 Å². The number of carbonyl (C=O) groups excluding carboxylic acids is 2. The largest absolute Gasteiger partial charge is 0.325 e. The first-order chi connectivity index (χ1) is 10.2. The lowest BCUT2D eigenvalue weighted by atomic mass is 9.96. The van der Waals surface area contributed by atoms with Crippen LogP contribution >= 0.6 is 11.7 Å². The number of aromatic nitrogens is 2. The van der Waals surface area contributed by atoms with Gasteiger partial charge in [-0.3, -0.25) is 4.79 Å². The lowest BCUT2D eigenvalue weighted by Gasteiger charge is -2.33. The van der Waals surface area contributed by atoms with Crippen LogP contribution in [0, 0.1) is 5.92 Å². The standard InChI is InChI=1S/C13H19N5O2S/c19-12(15-11-9-14-21-16-11)10-3-7-18(8-4-10)13(20)17-5-1-2-6-17/h9-10H,1-8H2,(H,15,16,19). The Kier molecular flexibility index (Phi) is 4.33. The van der Waals surface area contributed by atoms with E-state index in [0.717, 1.165) is 37.7 Å². The average Bonchev–Trinajstić information content (AvgIpc) is 3.20. The van der Waals surface area contributed by atoms with Gasteiger partial charge in [0.15, 0.2) is 5.82 Å². The molecule has 8 heteroatoms. The zero-order valence-corrected chi connectivity index (χ0v) is 12.6. The monoisotopic (exact) mass is 309 g/mol. The fraction of sp³-hybridized carbons (Fsp3) is 0.692. The van der Waals surface area contributed by atoms with Gasteiger partial charge in [0.25, 0.3) is 0 Å². The highest BCUT2D eigenvalue weighted by atomic mass is 32.1. The Balaban J connectivity index is 1.48. The molecule has 1 aromatic rings. The molecule has 0 aliphatic carbocycles. The van der Waals surface area contributed by atoms with Crippen molar-refractivity contribution in [3.63, 3.8) is 0 Å². The third-order valence-electron chi connectivity index (χ3n) is 4.13. The fourth-order valence-electron chi connectivity index (χ4n) is 2.89. The lowest BCUT2D eigenvalue weighted by molar-refractivity contribution is -0.121. The van der Waals surface area contributed by atoms with Gasteiger partial charge >= 0.3 is 6.03 Å². The summed E-state index contributed by atoms with van der Waals surface area (Å²) in [6, 6.07) is 0.134. The van der Waals surface area contributed by atoms with E-state index in [1.165, 1.54) is 0 Å². The van der Waals surface area contributed by atoms with Gasteiger partial charge in [0.1, 0.15) is 0 Å². The first-order valence-corrected chi connectivity index (χ1v) is 8.09. The van der Waals surface area contributed by atoms with Crippen molar-refractivity contribution >= 4 is 29.5 Å². The summed E-state index contributed by atoms with van der Waals surface area (Å²) in [5.41, 5.74) is 0. The van der Waals surface area contributed by atoms with Gasteiger partial charge in [-0.05, 0) is 25.7 Å². The van der Waals surface area contributed by atoms with Gasteiger partial charge in [0.05, 0.1) is 17.9 Å². The van der Waals surface area contributed by atoms with Crippen LogP contribution in [0.1, 0.15) is 25.7 Å². The summed E-state index contributed by atoms with van der Waals surface area (Å²) in [5, 5.41) is 2.77. The van der Waals surface area contributed by atoms with Crippen LogP contribution in [0.25, 0.3) is 0 Å². The van der Waals surface area contributed by atoms with E-state index in [2.05, 4.69) is 14.1 Å². The molecule has 7 nitrogen and oxygen atoms in total. The highest BCUT2D eigenvalue weighted by Crippen LogP contribution is 2.21. The average molecular weight is 309 g/mol. The van der Waals surface area contributed by atoms with Gasteiger partial charge < -0.3 is 15.1 Å². The third kappa shape index (κ3) is 3.31. The van der Waals surface area contributed by atoms with Crippen LogP contribution in [0.5, 0.6) is 0 Å². The van der Waals surface area contributed by atoms with Crippen LogP contribution in [0.4, 0.5) is 10.6 Å². The number of anilines is 1. The van der Waals surface area contributed by atoms with Gasteiger partial charge in [0, 0.05) is 32.1 Å². The molecular weight excluding hydrogens is 290 g/mol. The number of nitrogens with zero attached hydrogens (tertiary/aromatic N) is 4. The Hall–Kier alpha value is -1.70. The molecule has 0 saturated carbocycles. The number of likely N-dealkylation sites (tertiary alicyclic amines) is 2. The van der Waals surface area contributed by atoms with Gasteiger partial charge in [-0.15, -0.1) is 0 Å². The lowest BCUT2D eigenvalue weighted by Crippen LogP contribution is -2.47. The van der Waals surface area contributed by atoms with E-state index in [4.69, 9.17) is 0 Å². The second-order valence-electron chi connectivity index (χ2n) is 5.52. The molecule has 2 aliphatic rings. The highest BCUT2D eigenvalue weighted by Gasteiger charge is 2.30. The smallest absolute Gasteiger partial charge is 0.319 e. The van der Waals surface area contributed by atoms with Crippen LogP contribution in [0.3, 0.4) is 0 Å². The Labute approximate surface area is 127 Å². The summed E-state index contributed by atoms with van der Waals surface area (Å²) in [7, 11) is 0. The summed E-state index contributed by atoms with van der Waals surface area (Å²) in [4.78, 5) is 28.2. The van der Waals surface area contributed by atoms with Gasteiger partial charge in [0.2, 0.25) is 5.91 Å². The quantitative estimate of drug-likeness (QED) is 0.896. The molecule has 0 radical (unpaired) electrons. The number of piperidine rings is 1. The molecule has 3 rings (SSSR count). The van der Waals surface area contributed by atoms with Crippen molar-refractivity contribution in [1.29, 1.82) is 0 Å². The number of hydrogen-bond donors (Lipinski definition) is 1. The second-order valence-corrected chi connectivity index (χ2v) is 6.08. The maximum Gasteiger partial charge on any atom is 0.319 e. The van der Waals surface area contributed by atoms with Crippen molar-refractivity contribution in [2.24, 2.45) is 5.92 Å². The third-order valence-corrected chi connectivity index (χ3v) is 4.60. The molecule has 0 unspecified atom stereocenters. The van der Waals surface area contributed by atoms with Gasteiger partial charge in [-0.1, -0.05) is 0 Å². The van der Waals surface area contributed by atoms with Gasteiger partial charge in [-0.2, -0.15) is 8.75 Å². The molecule has 2 saturated heterocycles. The summed E-state index contributed by atoms with van der Waals surface area (Å²) in [5.74, 6) is 0.450. The SMILES string of the molecule is O=C(Nc1cnsn1)C1CCN(C(=O)N2CCCC2)CC1. The van der Waals surface area contributed by atoms with E-state index < -0.39 is 0 Å². The summed E-state index contributed by atoms with van der Waals surface area (Å²) >= 11 is 1.07. The minimum absolute atomic E-state index is 0.0176. The first-order valence-electron chi connectivity index (χ1n) is 7.36. The predicted molar refractivity (Wildman–Crippen MR) is 79.0 cm³/mol. The number of carbonyl (C=O) groups is 2. The normalized spacial score (nSPS) is 19.8. The number of urea groups is 1. The summed E-state index contributed by atoms with van der Waals surface area (Å²) in [6.07, 6.45) is 5.18. The van der Waals surface area contributed by atoms with Crippen molar-refractivity contribution in [3.8, 4) is 0 Å². The predicted octanol–water partition coefficient (Wildman–Crippen LogP) is 1.40. The number of hydrogen-bond acceptors (Lipinski definition) is 5. The maximum atomic E-state index is 12.3. The van der Waals surface area contributed by atoms with E-state index in [-0.39, 0.29) is 17.9 Å². The van der Waals surface area contributed by atoms with E-state index in [1.54, 1.807) is 6.20 Å². The molecule has 1 aromatic heterocycles. The minimum atomic E-state index is -0.0469. The Morgan fingerprint density at radius 3 is 2.43 bits per heavy atom. The fourth-order valence-corrected chi connectivity index (χ4v) is 3.26. The molecule has 0 bridgehead atoms. The molecule has 2 aliphatic heterocycles. The van der Waals surface area contributed by atoms with Crippen LogP contribution in [-0.4, -0.2) is 56.7 Å². The Bertz CT molecular complexity index is 493. The van der Waals surface area contributed by atoms with Crippen LogP contribution in [0.2, 0.25) is 0 Å². The van der Waals surface area contributed by atoms with E-state index >= 15 is 0 Å². The van der Waals surface area contributed by atoms with Crippen LogP contribution in [-0.2, 0) is 4.79 Å². The van der Waals surface area contributed by atoms with Crippen molar-refractivity contribution in [2.75, 3.05) is 31.5 Å². The van der Waals surface area contributed by atoms with Crippen molar-refractivity contribution in [2.45, 2.75) is 25.7 Å². The van der Waals surface area contributed by atoms with E-state index in [0.29, 0.717) is 31.7 Å². The number of rotatable bonds is 2. The zero-order valence-electron chi connectivity index (χ0n) is 11.8. The van der Waals surface area contributed by atoms with Crippen LogP contribution < -0.4 is 5.32 Å². The summed E-state index contributed by atoms with van der Waals surface area (Å²) < 4.78 is 7.83. The van der Waals surface area contributed by atoms with Crippen molar-refractivity contribution in [1.82, 2.24) is 18.5 Å². The topological polar surface area (TPSA) is 78.4 Å². The molecule has 1 N–H and O–H groups in total.